The Kier molecular flexibility index (Phi) is 4.51. The van der Waals surface area contributed by atoms with Crippen LogP contribution in [-0.4, -0.2) is 26.1 Å². The second-order valence-electron chi connectivity index (χ2n) is 5.51. The molecular weight excluding hydrogens is 325 g/mol. The number of carboxylic acids is 1. The van der Waals surface area contributed by atoms with Gasteiger partial charge < -0.3 is 5.11 Å². The highest BCUT2D eigenvalue weighted by Gasteiger charge is 2.43. The topological polar surface area (TPSA) is 72.2 Å². The monoisotopic (exact) mass is 338 g/mol. The molecule has 122 valence electrons. The minimum atomic E-state index is -4.76. The first-order chi connectivity index (χ1) is 10.1. The number of carboxylic acid groups (broad SMARTS) is 1. The zero-order valence-electron chi connectivity index (χ0n) is 11.6. The summed E-state index contributed by atoms with van der Waals surface area (Å²) in [6, 6.07) is -0.605. The van der Waals surface area contributed by atoms with Crippen molar-refractivity contribution < 1.29 is 27.9 Å². The number of hydrogen-bond acceptors (Lipinski definition) is 3. The van der Waals surface area contributed by atoms with Gasteiger partial charge in [0.15, 0.2) is 5.69 Å². The van der Waals surface area contributed by atoms with Crippen molar-refractivity contribution in [2.24, 2.45) is 11.8 Å². The van der Waals surface area contributed by atoms with Crippen molar-refractivity contribution >= 4 is 22.8 Å². The molecule has 0 amide bonds. The van der Waals surface area contributed by atoms with E-state index in [1.165, 1.54) is 0 Å². The highest BCUT2D eigenvalue weighted by atomic mass is 35.5. The van der Waals surface area contributed by atoms with Crippen LogP contribution >= 0.6 is 11.6 Å². The Morgan fingerprint density at radius 2 is 2.05 bits per heavy atom. The Balaban J connectivity index is 2.35. The number of carbonyl (C=O) groups is 2. The normalized spacial score (nSPS) is 26.0. The molecule has 1 aliphatic rings. The van der Waals surface area contributed by atoms with Gasteiger partial charge in [-0.15, -0.1) is 0 Å². The molecule has 1 saturated carbocycles. The molecular formula is C13H14ClF3N2O3. The number of aliphatic carboxylic acids is 1. The molecule has 0 radical (unpaired) electrons. The van der Waals surface area contributed by atoms with Crippen LogP contribution < -0.4 is 0 Å². The van der Waals surface area contributed by atoms with Crippen molar-refractivity contribution in [3.8, 4) is 0 Å². The Hall–Kier alpha value is -1.57. The van der Waals surface area contributed by atoms with Crippen molar-refractivity contribution in [1.29, 1.82) is 0 Å². The van der Waals surface area contributed by atoms with E-state index >= 15 is 0 Å². The third-order valence-electron chi connectivity index (χ3n) is 4.08. The Morgan fingerprint density at radius 3 is 2.50 bits per heavy atom. The van der Waals surface area contributed by atoms with Crippen LogP contribution in [0, 0.1) is 11.8 Å². The molecule has 1 aromatic rings. The van der Waals surface area contributed by atoms with E-state index in [1.54, 1.807) is 6.92 Å². The number of rotatable bonds is 3. The first-order valence-electron chi connectivity index (χ1n) is 6.70. The van der Waals surface area contributed by atoms with Gasteiger partial charge in [-0.05, 0) is 36.8 Å². The van der Waals surface area contributed by atoms with Crippen molar-refractivity contribution in [3.05, 3.63) is 17.5 Å². The molecule has 0 bridgehead atoms. The first kappa shape index (κ1) is 16.8. The van der Waals surface area contributed by atoms with Crippen LogP contribution in [0.25, 0.3) is 0 Å². The third-order valence-corrected chi connectivity index (χ3v) is 4.28. The fourth-order valence-electron chi connectivity index (χ4n) is 3.02. The van der Waals surface area contributed by atoms with Gasteiger partial charge in [0, 0.05) is 0 Å². The summed E-state index contributed by atoms with van der Waals surface area (Å²) < 4.78 is 40.3. The number of carbonyl (C=O) groups excluding carboxylic acids is 1. The largest absolute Gasteiger partial charge is 0.481 e. The minimum Gasteiger partial charge on any atom is -0.481 e. The van der Waals surface area contributed by atoms with E-state index in [4.69, 9.17) is 16.7 Å². The maximum Gasteiger partial charge on any atom is 0.433 e. The van der Waals surface area contributed by atoms with E-state index in [9.17, 15) is 22.8 Å². The van der Waals surface area contributed by atoms with Crippen LogP contribution in [0.3, 0.4) is 0 Å². The molecule has 3 atom stereocenters. The molecule has 0 aromatic carbocycles. The number of hydrogen-bond donors (Lipinski definition) is 1. The van der Waals surface area contributed by atoms with Crippen LogP contribution in [0.5, 0.6) is 0 Å². The molecule has 0 saturated heterocycles. The average molecular weight is 339 g/mol. The van der Waals surface area contributed by atoms with Crippen molar-refractivity contribution in [2.75, 3.05) is 0 Å². The number of aromatic nitrogens is 2. The van der Waals surface area contributed by atoms with E-state index < -0.39 is 40.6 Å². The van der Waals surface area contributed by atoms with Gasteiger partial charge in [0.1, 0.15) is 0 Å². The van der Waals surface area contributed by atoms with Gasteiger partial charge in [-0.3, -0.25) is 14.3 Å². The smallest absolute Gasteiger partial charge is 0.433 e. The number of alkyl halides is 3. The molecule has 1 aliphatic carbocycles. The summed E-state index contributed by atoms with van der Waals surface area (Å²) in [7, 11) is 0. The van der Waals surface area contributed by atoms with E-state index in [-0.39, 0.29) is 25.2 Å². The zero-order chi connectivity index (χ0) is 16.7. The molecule has 9 heteroatoms. The Bertz CT molecular complexity index is 600. The maximum atomic E-state index is 13.2. The van der Waals surface area contributed by atoms with E-state index in [0.29, 0.717) is 0 Å². The lowest BCUT2D eigenvalue weighted by Gasteiger charge is -2.32. The van der Waals surface area contributed by atoms with Crippen molar-refractivity contribution in [3.63, 3.8) is 0 Å². The summed E-state index contributed by atoms with van der Waals surface area (Å²) in [5, 5.41) is 11.5. The summed E-state index contributed by atoms with van der Waals surface area (Å²) in [4.78, 5) is 22.2. The summed E-state index contributed by atoms with van der Waals surface area (Å²) in [5.74, 6) is -1.80. The Labute approximate surface area is 129 Å². The van der Waals surface area contributed by atoms with Gasteiger partial charge in [-0.25, -0.2) is 0 Å². The zero-order valence-corrected chi connectivity index (χ0v) is 12.4. The fourth-order valence-corrected chi connectivity index (χ4v) is 3.16. The second-order valence-corrected chi connectivity index (χ2v) is 5.86. The summed E-state index contributed by atoms with van der Waals surface area (Å²) in [6.07, 6.45) is -3.18. The molecule has 1 N–H and O–H groups in total. The minimum absolute atomic E-state index is 0.248. The highest BCUT2D eigenvalue weighted by molar-refractivity contribution is 6.67. The van der Waals surface area contributed by atoms with Crippen LogP contribution in [-0.2, 0) is 11.0 Å². The van der Waals surface area contributed by atoms with Crippen LogP contribution in [0.4, 0.5) is 13.2 Å². The molecule has 2 rings (SSSR count). The molecule has 22 heavy (non-hydrogen) atoms. The van der Waals surface area contributed by atoms with Crippen molar-refractivity contribution in [2.45, 2.75) is 38.4 Å². The molecule has 1 fully saturated rings. The van der Waals surface area contributed by atoms with E-state index in [0.717, 1.165) is 10.9 Å². The van der Waals surface area contributed by atoms with Gasteiger partial charge in [0.2, 0.25) is 0 Å². The maximum absolute atomic E-state index is 13.2. The predicted octanol–water partition coefficient (Wildman–Crippen LogP) is 3.34. The predicted molar refractivity (Wildman–Crippen MR) is 70.6 cm³/mol. The third kappa shape index (κ3) is 3.11. The lowest BCUT2D eigenvalue weighted by molar-refractivity contribution is -0.148. The van der Waals surface area contributed by atoms with Crippen LogP contribution in [0.2, 0.25) is 0 Å². The Morgan fingerprint density at radius 1 is 1.41 bits per heavy atom. The van der Waals surface area contributed by atoms with Gasteiger partial charge in [0.05, 0.1) is 23.7 Å². The molecule has 0 aliphatic heterocycles. The van der Waals surface area contributed by atoms with E-state index in [1.807, 2.05) is 0 Å². The lowest BCUT2D eigenvalue weighted by atomic mass is 9.78. The second kappa shape index (κ2) is 5.91. The summed E-state index contributed by atoms with van der Waals surface area (Å²) in [5.41, 5.74) is -1.85. The highest BCUT2D eigenvalue weighted by Crippen LogP contribution is 2.41. The lowest BCUT2D eigenvalue weighted by Crippen LogP contribution is -2.32. The molecule has 1 heterocycles. The van der Waals surface area contributed by atoms with Crippen LogP contribution in [0.1, 0.15) is 48.3 Å². The van der Waals surface area contributed by atoms with Gasteiger partial charge in [-0.1, -0.05) is 6.92 Å². The standard InChI is InChI=1S/C13H14ClF3N2O3/c1-6-4-7(2-3-8(6)12(21)22)19-10(13(15,16)17)9(5-18-19)11(14)20/h5-8H,2-4H2,1H3,(H,21,22). The first-order valence-corrected chi connectivity index (χ1v) is 7.08. The quantitative estimate of drug-likeness (QED) is 0.858. The van der Waals surface area contributed by atoms with Crippen LogP contribution in [0.15, 0.2) is 6.20 Å². The average Bonchev–Trinajstić information content (AvgIpc) is 2.82. The summed E-state index contributed by atoms with van der Waals surface area (Å²) >= 11 is 5.19. The molecule has 5 nitrogen and oxygen atoms in total. The SMILES string of the molecule is CC1CC(n2ncc(C(=O)Cl)c2C(F)(F)F)CCC1C(=O)O. The molecule has 1 aromatic heterocycles. The fraction of sp³-hybridized carbons (Fsp3) is 0.615. The summed E-state index contributed by atoms with van der Waals surface area (Å²) in [6.45, 7) is 1.69. The van der Waals surface area contributed by atoms with Crippen molar-refractivity contribution in [1.82, 2.24) is 9.78 Å². The number of nitrogens with zero attached hydrogens (tertiary/aromatic N) is 2. The molecule has 0 spiro atoms. The number of halogens is 4. The molecule has 3 unspecified atom stereocenters. The van der Waals surface area contributed by atoms with Gasteiger partial charge >= 0.3 is 12.1 Å². The van der Waals surface area contributed by atoms with E-state index in [2.05, 4.69) is 5.10 Å². The van der Waals surface area contributed by atoms with Gasteiger partial charge in [-0.2, -0.15) is 18.3 Å². The van der Waals surface area contributed by atoms with Gasteiger partial charge in [0.25, 0.3) is 5.24 Å².